The average Bonchev–Trinajstić information content (AvgIpc) is 3.66. The molecule has 0 spiro atoms. The first kappa shape index (κ1) is 25.2. The number of aryl methyl sites for hydroxylation is 1. The minimum absolute atomic E-state index is 0.870. The quantitative estimate of drug-likeness (QED) is 0.194. The molecule has 0 fully saturated rings. The minimum Gasteiger partial charge on any atom is -0.324 e. The number of rotatable bonds is 4. The van der Waals surface area contributed by atoms with Crippen LogP contribution < -0.4 is 0 Å². The Labute approximate surface area is 258 Å². The van der Waals surface area contributed by atoms with Gasteiger partial charge < -0.3 is 4.57 Å². The Morgan fingerprint density at radius 2 is 1.25 bits per heavy atom. The molecular formula is C40H27N3S. The zero-order valence-corrected chi connectivity index (χ0v) is 25.0. The van der Waals surface area contributed by atoms with Crippen molar-refractivity contribution in [1.29, 1.82) is 0 Å². The number of aromatic nitrogens is 3. The molecule has 3 aromatic heterocycles. The Morgan fingerprint density at radius 3 is 2.11 bits per heavy atom. The number of imidazole rings is 1. The van der Waals surface area contributed by atoms with Crippen LogP contribution in [0.3, 0.4) is 0 Å². The van der Waals surface area contributed by atoms with Gasteiger partial charge in [0.25, 0.3) is 0 Å². The first-order valence-electron chi connectivity index (χ1n) is 15.1. The summed E-state index contributed by atoms with van der Waals surface area (Å²) in [6.45, 7) is 3.05. The van der Waals surface area contributed by atoms with Crippen LogP contribution >= 0.6 is 11.3 Å². The van der Waals surface area contributed by atoms with E-state index >= 15 is 0 Å². The third kappa shape index (κ3) is 3.81. The van der Waals surface area contributed by atoms with E-state index in [1.165, 1.54) is 53.0 Å². The Bertz CT molecular complexity index is 2540. The maximum atomic E-state index is 5.22. The monoisotopic (exact) mass is 581 g/mol. The molecule has 0 amide bonds. The van der Waals surface area contributed by atoms with Gasteiger partial charge in [-0.1, -0.05) is 103 Å². The molecular weight excluding hydrogens is 555 g/mol. The summed E-state index contributed by atoms with van der Waals surface area (Å²) < 4.78 is 4.94. The van der Waals surface area contributed by atoms with E-state index in [-0.39, 0.29) is 0 Å². The molecule has 0 saturated carbocycles. The molecule has 0 saturated heterocycles. The Hall–Kier alpha value is -5.32. The smallest absolute Gasteiger partial charge is 0.141 e. The molecule has 3 heterocycles. The predicted molar refractivity (Wildman–Crippen MR) is 187 cm³/mol. The second-order valence-electron chi connectivity index (χ2n) is 11.3. The van der Waals surface area contributed by atoms with E-state index in [0.717, 1.165) is 40.2 Å². The molecule has 6 aromatic carbocycles. The molecule has 0 N–H and O–H groups in total. The third-order valence-corrected chi connectivity index (χ3v) is 9.99. The van der Waals surface area contributed by atoms with Gasteiger partial charge in [0.2, 0.25) is 0 Å². The number of fused-ring (bicyclic) bond motifs is 8. The van der Waals surface area contributed by atoms with Crippen molar-refractivity contribution in [3.8, 4) is 33.8 Å². The van der Waals surface area contributed by atoms with Crippen molar-refractivity contribution in [1.82, 2.24) is 14.5 Å². The molecule has 4 heteroatoms. The number of benzene rings is 6. The van der Waals surface area contributed by atoms with Crippen LogP contribution in [0.25, 0.3) is 86.7 Å². The summed E-state index contributed by atoms with van der Waals surface area (Å²) in [7, 11) is 0. The average molecular weight is 582 g/mol. The number of hydrogen-bond donors (Lipinski definition) is 0. The highest BCUT2D eigenvalue weighted by atomic mass is 32.1. The fourth-order valence-corrected chi connectivity index (χ4v) is 7.98. The fraction of sp³-hybridized carbons (Fsp3) is 0.0500. The zero-order valence-electron chi connectivity index (χ0n) is 24.2. The lowest BCUT2D eigenvalue weighted by atomic mass is 9.96. The lowest BCUT2D eigenvalue weighted by Gasteiger charge is -2.12. The van der Waals surface area contributed by atoms with E-state index in [1.807, 2.05) is 11.3 Å². The highest BCUT2D eigenvalue weighted by Gasteiger charge is 2.16. The number of hydrogen-bond acceptors (Lipinski definition) is 3. The van der Waals surface area contributed by atoms with Crippen molar-refractivity contribution in [3.63, 3.8) is 0 Å². The highest BCUT2D eigenvalue weighted by molar-refractivity contribution is 7.26. The number of para-hydroxylation sites is 3. The van der Waals surface area contributed by atoms with Crippen LogP contribution in [0.1, 0.15) is 6.92 Å². The minimum atomic E-state index is 0.870. The van der Waals surface area contributed by atoms with Crippen LogP contribution in [-0.4, -0.2) is 14.5 Å². The molecule has 0 aliphatic rings. The highest BCUT2D eigenvalue weighted by Crippen LogP contribution is 2.43. The topological polar surface area (TPSA) is 30.7 Å². The molecule has 9 aromatic rings. The SMILES string of the molecule is CCn1c(-c2cccc(-c3ccc(-c4nc5ccccc5c5c4ccc4c6ccccc6sc45)cc3)c2)nc2ccccc21. The summed E-state index contributed by atoms with van der Waals surface area (Å²) in [5.41, 5.74) is 8.84. The van der Waals surface area contributed by atoms with Gasteiger partial charge >= 0.3 is 0 Å². The van der Waals surface area contributed by atoms with Gasteiger partial charge in [0.05, 0.1) is 22.2 Å². The van der Waals surface area contributed by atoms with Crippen molar-refractivity contribution in [2.75, 3.05) is 0 Å². The molecule has 208 valence electrons. The van der Waals surface area contributed by atoms with Gasteiger partial charge in [-0.2, -0.15) is 0 Å². The molecule has 0 bridgehead atoms. The van der Waals surface area contributed by atoms with Crippen LogP contribution in [0.5, 0.6) is 0 Å². The molecule has 0 unspecified atom stereocenters. The predicted octanol–water partition coefficient (Wildman–Crippen LogP) is 11.1. The third-order valence-electron chi connectivity index (χ3n) is 8.79. The molecule has 0 atom stereocenters. The second kappa shape index (κ2) is 9.87. The summed E-state index contributed by atoms with van der Waals surface area (Å²) in [4.78, 5) is 10.2. The van der Waals surface area contributed by atoms with Crippen molar-refractivity contribution >= 4 is 64.2 Å². The van der Waals surface area contributed by atoms with Crippen molar-refractivity contribution in [3.05, 3.63) is 133 Å². The van der Waals surface area contributed by atoms with E-state index in [4.69, 9.17) is 9.97 Å². The Morgan fingerprint density at radius 1 is 0.545 bits per heavy atom. The maximum Gasteiger partial charge on any atom is 0.141 e. The number of pyridine rings is 1. The molecule has 44 heavy (non-hydrogen) atoms. The largest absolute Gasteiger partial charge is 0.324 e. The van der Waals surface area contributed by atoms with Gasteiger partial charge in [0.15, 0.2) is 0 Å². The number of thiophene rings is 1. The van der Waals surface area contributed by atoms with Crippen molar-refractivity contribution in [2.24, 2.45) is 0 Å². The molecule has 9 rings (SSSR count). The van der Waals surface area contributed by atoms with Gasteiger partial charge in [-0.15, -0.1) is 11.3 Å². The summed E-state index contributed by atoms with van der Waals surface area (Å²) in [5, 5.41) is 6.32. The van der Waals surface area contributed by atoms with E-state index in [9.17, 15) is 0 Å². The lowest BCUT2D eigenvalue weighted by Crippen LogP contribution is -1.97. The summed E-state index contributed by atoms with van der Waals surface area (Å²) in [6.07, 6.45) is 0. The van der Waals surface area contributed by atoms with E-state index in [2.05, 4.69) is 145 Å². The zero-order chi connectivity index (χ0) is 29.2. The van der Waals surface area contributed by atoms with Crippen LogP contribution in [0, 0.1) is 0 Å². The van der Waals surface area contributed by atoms with Crippen LogP contribution in [-0.2, 0) is 6.54 Å². The molecule has 0 aliphatic carbocycles. The summed E-state index contributed by atoms with van der Waals surface area (Å²) >= 11 is 1.88. The lowest BCUT2D eigenvalue weighted by molar-refractivity contribution is 0.796. The van der Waals surface area contributed by atoms with E-state index < -0.39 is 0 Å². The summed E-state index contributed by atoms with van der Waals surface area (Å²) in [5.74, 6) is 1.01. The van der Waals surface area contributed by atoms with Gasteiger partial charge in [0.1, 0.15) is 5.82 Å². The Kier molecular flexibility index (Phi) is 5.65. The standard InChI is InChI=1S/C40H27N3S/c1-2-43-35-16-7-6-15-34(35)42-40(43)28-11-9-10-27(24-28)25-18-20-26(21-19-25)38-32-23-22-30-29-12-4-8-17-36(29)44-39(30)37(32)31-13-3-5-14-33(31)41-38/h3-24H,2H2,1H3. The van der Waals surface area contributed by atoms with Gasteiger partial charge in [-0.3, -0.25) is 0 Å². The maximum absolute atomic E-state index is 5.22. The van der Waals surface area contributed by atoms with Crippen molar-refractivity contribution in [2.45, 2.75) is 13.5 Å². The normalized spacial score (nSPS) is 11.8. The van der Waals surface area contributed by atoms with Gasteiger partial charge in [-0.25, -0.2) is 9.97 Å². The van der Waals surface area contributed by atoms with Crippen LogP contribution in [0.15, 0.2) is 133 Å². The summed E-state index contributed by atoms with van der Waals surface area (Å²) in [6, 6.07) is 47.8. The molecule has 3 nitrogen and oxygen atoms in total. The number of nitrogens with zero attached hydrogens (tertiary/aromatic N) is 3. The van der Waals surface area contributed by atoms with Gasteiger partial charge in [0, 0.05) is 54.0 Å². The van der Waals surface area contributed by atoms with Gasteiger partial charge in [-0.05, 0) is 48.4 Å². The first-order valence-corrected chi connectivity index (χ1v) is 15.9. The van der Waals surface area contributed by atoms with E-state index in [0.29, 0.717) is 0 Å². The van der Waals surface area contributed by atoms with E-state index in [1.54, 1.807) is 0 Å². The second-order valence-corrected chi connectivity index (χ2v) is 12.3. The van der Waals surface area contributed by atoms with Crippen molar-refractivity contribution < 1.29 is 0 Å². The molecule has 0 radical (unpaired) electrons. The molecule has 0 aliphatic heterocycles. The first-order chi connectivity index (χ1) is 21.8. The Balaban J connectivity index is 1.18. The van der Waals surface area contributed by atoms with Crippen LogP contribution in [0.2, 0.25) is 0 Å². The van der Waals surface area contributed by atoms with Crippen LogP contribution in [0.4, 0.5) is 0 Å². The fourth-order valence-electron chi connectivity index (χ4n) is 6.71.